The van der Waals surface area contributed by atoms with Gasteiger partial charge in [-0.3, -0.25) is 0 Å². The Morgan fingerprint density at radius 3 is 1.59 bits per heavy atom. The van der Waals surface area contributed by atoms with Crippen molar-refractivity contribution in [2.45, 2.75) is 22.1 Å². The van der Waals surface area contributed by atoms with Crippen LogP contribution in [0, 0.1) is 0 Å². The molecule has 11 aromatic rings. The van der Waals surface area contributed by atoms with Crippen LogP contribution in [-0.4, -0.2) is 4.57 Å². The third kappa shape index (κ3) is 6.61. The van der Waals surface area contributed by atoms with E-state index in [2.05, 4.69) is 246 Å². The molecule has 2 heterocycles. The van der Waals surface area contributed by atoms with Gasteiger partial charge in [0.15, 0.2) is 0 Å². The lowest BCUT2D eigenvalue weighted by Crippen LogP contribution is -2.11. The molecule has 1 aromatic heterocycles. The molecule has 0 saturated carbocycles. The molecule has 63 heavy (non-hydrogen) atoms. The Kier molecular flexibility index (Phi) is 9.27. The summed E-state index contributed by atoms with van der Waals surface area (Å²) in [6.45, 7) is 0. The monoisotopic (exact) mass is 822 g/mol. The second-order valence-electron chi connectivity index (χ2n) is 16.4. The van der Waals surface area contributed by atoms with Gasteiger partial charge >= 0.3 is 0 Å². The van der Waals surface area contributed by atoms with Crippen LogP contribution in [0.3, 0.4) is 0 Å². The van der Waals surface area contributed by atoms with E-state index in [-0.39, 0.29) is 5.92 Å². The second-order valence-corrected chi connectivity index (χ2v) is 17.5. The van der Waals surface area contributed by atoms with Crippen LogP contribution >= 0.6 is 11.8 Å². The molecule has 1 atom stereocenters. The van der Waals surface area contributed by atoms with Crippen molar-refractivity contribution in [2.75, 3.05) is 4.90 Å². The predicted molar refractivity (Wildman–Crippen MR) is 266 cm³/mol. The number of rotatable bonds is 7. The van der Waals surface area contributed by atoms with Crippen molar-refractivity contribution in [1.29, 1.82) is 0 Å². The molecule has 0 aliphatic carbocycles. The molecule has 0 bridgehead atoms. The van der Waals surface area contributed by atoms with Crippen molar-refractivity contribution in [1.82, 2.24) is 4.57 Å². The lowest BCUT2D eigenvalue weighted by atomic mass is 9.87. The summed E-state index contributed by atoms with van der Waals surface area (Å²) < 4.78 is 2.54. The fourth-order valence-electron chi connectivity index (χ4n) is 9.85. The standard InChI is InChI=1S/C60H42N2S/c1-3-15-43(16-4-1)56-40-58-60(63-59-28-12-11-25-54(56)59)55-38-37-49(39-57(55)62(58)46-21-5-2-6-22-46)61(47-33-29-44(30-34-47)52-26-13-19-41-17-7-9-23-50(41)52)48-35-31-45(32-36-48)53-27-14-20-42-18-8-10-24-51(42)53/h1-39,56H,40H2. The number of benzene rings is 10. The first-order valence-electron chi connectivity index (χ1n) is 21.8. The zero-order valence-electron chi connectivity index (χ0n) is 34.6. The first kappa shape index (κ1) is 37.2. The molecular formula is C60H42N2S. The molecule has 0 amide bonds. The number of anilines is 3. The van der Waals surface area contributed by atoms with Gasteiger partial charge in [0.05, 0.1) is 5.52 Å². The summed E-state index contributed by atoms with van der Waals surface area (Å²) in [5.74, 6) is 0.222. The number of para-hydroxylation sites is 1. The topological polar surface area (TPSA) is 8.17 Å². The van der Waals surface area contributed by atoms with Gasteiger partial charge in [0.1, 0.15) is 0 Å². The molecular weight excluding hydrogens is 781 g/mol. The molecule has 3 heteroatoms. The van der Waals surface area contributed by atoms with E-state index in [4.69, 9.17) is 0 Å². The van der Waals surface area contributed by atoms with E-state index in [0.717, 1.165) is 23.5 Å². The Morgan fingerprint density at radius 1 is 0.429 bits per heavy atom. The third-order valence-corrected chi connectivity index (χ3v) is 14.1. The van der Waals surface area contributed by atoms with Gasteiger partial charge in [0.2, 0.25) is 0 Å². The van der Waals surface area contributed by atoms with E-state index >= 15 is 0 Å². The van der Waals surface area contributed by atoms with E-state index in [1.54, 1.807) is 0 Å². The molecule has 12 rings (SSSR count). The highest BCUT2D eigenvalue weighted by Gasteiger charge is 2.30. The summed E-state index contributed by atoms with van der Waals surface area (Å²) in [6, 6.07) is 86.8. The SMILES string of the molecule is c1ccc(C2Cc3c(c4ccc(N(c5ccc(-c6cccc7ccccc67)cc5)c5ccc(-c6cccc7ccccc67)cc5)cc4n3-c3ccccc3)Sc3ccccc32)cc1. The molecule has 1 unspecified atom stereocenters. The van der Waals surface area contributed by atoms with Gasteiger partial charge in [-0.05, 0) is 116 Å². The van der Waals surface area contributed by atoms with Crippen molar-refractivity contribution in [3.05, 3.63) is 253 Å². The molecule has 0 fully saturated rings. The Morgan fingerprint density at radius 2 is 0.952 bits per heavy atom. The number of aromatic nitrogens is 1. The summed E-state index contributed by atoms with van der Waals surface area (Å²) in [7, 11) is 0. The van der Waals surface area contributed by atoms with Crippen molar-refractivity contribution in [3.8, 4) is 27.9 Å². The predicted octanol–water partition coefficient (Wildman–Crippen LogP) is 16.6. The van der Waals surface area contributed by atoms with E-state index in [1.165, 1.54) is 87.0 Å². The zero-order valence-corrected chi connectivity index (χ0v) is 35.4. The van der Waals surface area contributed by atoms with E-state index in [9.17, 15) is 0 Å². The summed E-state index contributed by atoms with van der Waals surface area (Å²) in [5.41, 5.74) is 14.6. The van der Waals surface area contributed by atoms with Crippen LogP contribution in [0.15, 0.2) is 246 Å². The quantitative estimate of drug-likeness (QED) is 0.158. The Labute approximate surface area is 372 Å². The van der Waals surface area contributed by atoms with Gasteiger partial charge in [0, 0.05) is 56.0 Å². The van der Waals surface area contributed by atoms with Gasteiger partial charge in [-0.2, -0.15) is 0 Å². The van der Waals surface area contributed by atoms with E-state index < -0.39 is 0 Å². The molecule has 1 aliphatic heterocycles. The summed E-state index contributed by atoms with van der Waals surface area (Å²) in [6.07, 6.45) is 0.886. The molecule has 0 N–H and O–H groups in total. The first-order chi connectivity index (χ1) is 31.2. The van der Waals surface area contributed by atoms with Crippen molar-refractivity contribution in [3.63, 3.8) is 0 Å². The average molecular weight is 823 g/mol. The van der Waals surface area contributed by atoms with Crippen molar-refractivity contribution in [2.24, 2.45) is 0 Å². The lowest BCUT2D eigenvalue weighted by molar-refractivity contribution is 0.750. The van der Waals surface area contributed by atoms with Gasteiger partial charge in [-0.1, -0.05) is 188 Å². The maximum atomic E-state index is 2.54. The Bertz CT molecular complexity index is 3310. The average Bonchev–Trinajstić information content (AvgIpc) is 3.54. The highest BCUT2D eigenvalue weighted by Crippen LogP contribution is 2.50. The summed E-state index contributed by atoms with van der Waals surface area (Å²) in [4.78, 5) is 5.07. The van der Waals surface area contributed by atoms with Crippen molar-refractivity contribution >= 4 is 61.3 Å². The molecule has 10 aromatic carbocycles. The normalized spacial score (nSPS) is 13.4. The first-order valence-corrected chi connectivity index (χ1v) is 22.6. The minimum atomic E-state index is 0.222. The van der Waals surface area contributed by atoms with Crippen LogP contribution in [0.2, 0.25) is 0 Å². The number of fused-ring (bicyclic) bond motifs is 6. The van der Waals surface area contributed by atoms with Gasteiger partial charge in [0.25, 0.3) is 0 Å². The minimum absolute atomic E-state index is 0.222. The number of hydrogen-bond acceptors (Lipinski definition) is 2. The molecule has 0 saturated heterocycles. The lowest BCUT2D eigenvalue weighted by Gasteiger charge is -2.26. The molecule has 0 spiro atoms. The van der Waals surface area contributed by atoms with Gasteiger partial charge < -0.3 is 9.47 Å². The molecule has 2 nitrogen and oxygen atoms in total. The maximum Gasteiger partial charge on any atom is 0.0564 e. The highest BCUT2D eigenvalue weighted by atomic mass is 32.2. The number of hydrogen-bond donors (Lipinski definition) is 0. The Balaban J connectivity index is 1.04. The van der Waals surface area contributed by atoms with Gasteiger partial charge in [-0.15, -0.1) is 0 Å². The third-order valence-electron chi connectivity index (χ3n) is 12.8. The van der Waals surface area contributed by atoms with Crippen LogP contribution in [0.1, 0.15) is 22.7 Å². The van der Waals surface area contributed by atoms with E-state index in [1.807, 2.05) is 11.8 Å². The highest BCUT2D eigenvalue weighted by molar-refractivity contribution is 7.99. The zero-order chi connectivity index (χ0) is 41.7. The van der Waals surface area contributed by atoms with Crippen LogP contribution in [0.5, 0.6) is 0 Å². The fourth-order valence-corrected chi connectivity index (χ4v) is 11.1. The van der Waals surface area contributed by atoms with Crippen LogP contribution in [0.25, 0.3) is 60.4 Å². The van der Waals surface area contributed by atoms with Gasteiger partial charge in [-0.25, -0.2) is 0 Å². The van der Waals surface area contributed by atoms with E-state index in [0.29, 0.717) is 0 Å². The minimum Gasteiger partial charge on any atom is -0.312 e. The van der Waals surface area contributed by atoms with Crippen LogP contribution in [0.4, 0.5) is 17.1 Å². The smallest absolute Gasteiger partial charge is 0.0564 e. The fraction of sp³-hybridized carbons (Fsp3) is 0.0333. The summed E-state index contributed by atoms with van der Waals surface area (Å²) in [5, 5.41) is 6.28. The molecule has 0 radical (unpaired) electrons. The number of nitrogens with zero attached hydrogens (tertiary/aromatic N) is 2. The van der Waals surface area contributed by atoms with Crippen molar-refractivity contribution < 1.29 is 0 Å². The largest absolute Gasteiger partial charge is 0.312 e. The van der Waals surface area contributed by atoms with Crippen LogP contribution in [-0.2, 0) is 6.42 Å². The Hall–Kier alpha value is -7.59. The maximum absolute atomic E-state index is 2.54. The molecule has 298 valence electrons. The summed E-state index contributed by atoms with van der Waals surface area (Å²) >= 11 is 1.92. The van der Waals surface area contributed by atoms with Crippen LogP contribution < -0.4 is 4.90 Å². The molecule has 1 aliphatic rings. The second kappa shape index (κ2) is 15.7.